The van der Waals surface area contributed by atoms with Crippen LogP contribution in [0.2, 0.25) is 0 Å². The zero-order valence-corrected chi connectivity index (χ0v) is 9.20. The van der Waals surface area contributed by atoms with Crippen LogP contribution in [0.1, 0.15) is 0 Å². The lowest BCUT2D eigenvalue weighted by atomic mass is 10.0. The molecule has 2 N–H and O–H groups in total. The maximum Gasteiger partial charge on any atom is 0.119 e. The molecule has 0 saturated carbocycles. The Balaban J connectivity index is 1.92. The molecule has 1 aliphatic heterocycles. The van der Waals surface area contributed by atoms with Crippen LogP contribution in [0.5, 0.6) is 0 Å². The van der Waals surface area contributed by atoms with Crippen molar-refractivity contribution in [2.24, 2.45) is 11.7 Å². The lowest BCUT2D eigenvalue weighted by Gasteiger charge is -2.39. The first kappa shape index (κ1) is 9.12. The molecule has 0 amide bonds. The summed E-state index contributed by atoms with van der Waals surface area (Å²) >= 11 is 1.59. The van der Waals surface area contributed by atoms with E-state index in [1.54, 1.807) is 11.5 Å². The number of hydrogen-bond acceptors (Lipinski definition) is 4. The molecule has 1 aromatic carbocycles. The fourth-order valence-electron chi connectivity index (χ4n) is 1.99. The highest BCUT2D eigenvalue weighted by atomic mass is 32.1. The predicted octanol–water partition coefficient (Wildman–Crippen LogP) is 1.69. The standard InChI is InChI=1S/C11H13N3S/c12-5-8-6-14(7-8)11-9-3-1-2-4-10(9)13-15-11/h1-4,8H,5-7,12H2. The molecule has 2 aromatic rings. The molecule has 0 bridgehead atoms. The molecule has 78 valence electrons. The molecule has 1 aromatic heterocycles. The van der Waals surface area contributed by atoms with Crippen LogP contribution in [0.15, 0.2) is 24.3 Å². The number of nitrogens with zero attached hydrogens (tertiary/aromatic N) is 2. The van der Waals surface area contributed by atoms with Crippen LogP contribution in [0.25, 0.3) is 10.9 Å². The Bertz CT molecular complexity index is 473. The third-order valence-corrected chi connectivity index (χ3v) is 3.88. The molecular formula is C11H13N3S. The topological polar surface area (TPSA) is 42.1 Å². The maximum absolute atomic E-state index is 5.62. The van der Waals surface area contributed by atoms with Gasteiger partial charge in [0.1, 0.15) is 5.00 Å². The third-order valence-electron chi connectivity index (χ3n) is 2.94. The van der Waals surface area contributed by atoms with E-state index in [0.717, 1.165) is 25.2 Å². The van der Waals surface area contributed by atoms with Gasteiger partial charge in [-0.1, -0.05) is 12.1 Å². The summed E-state index contributed by atoms with van der Waals surface area (Å²) in [5.41, 5.74) is 6.73. The van der Waals surface area contributed by atoms with E-state index in [-0.39, 0.29) is 0 Å². The molecule has 3 nitrogen and oxygen atoms in total. The van der Waals surface area contributed by atoms with E-state index in [9.17, 15) is 0 Å². The molecule has 0 atom stereocenters. The molecule has 0 spiro atoms. The second kappa shape index (κ2) is 3.47. The number of fused-ring (bicyclic) bond motifs is 1. The molecule has 3 rings (SSSR count). The van der Waals surface area contributed by atoms with E-state index in [4.69, 9.17) is 5.73 Å². The highest BCUT2D eigenvalue weighted by Crippen LogP contribution is 2.34. The minimum absolute atomic E-state index is 0.672. The quantitative estimate of drug-likeness (QED) is 0.835. The van der Waals surface area contributed by atoms with Crippen molar-refractivity contribution in [1.29, 1.82) is 0 Å². The molecule has 0 aliphatic carbocycles. The van der Waals surface area contributed by atoms with Crippen molar-refractivity contribution in [3.05, 3.63) is 24.3 Å². The van der Waals surface area contributed by atoms with Gasteiger partial charge in [0.2, 0.25) is 0 Å². The predicted molar refractivity (Wildman–Crippen MR) is 64.4 cm³/mol. The first-order chi connectivity index (χ1) is 7.38. The second-order valence-electron chi connectivity index (χ2n) is 4.01. The number of hydrogen-bond donors (Lipinski definition) is 1. The first-order valence-electron chi connectivity index (χ1n) is 5.18. The molecular weight excluding hydrogens is 206 g/mol. The fourth-order valence-corrected chi connectivity index (χ4v) is 2.87. The summed E-state index contributed by atoms with van der Waals surface area (Å²) < 4.78 is 4.44. The van der Waals surface area contributed by atoms with Gasteiger partial charge in [-0.3, -0.25) is 0 Å². The minimum Gasteiger partial charge on any atom is -0.361 e. The van der Waals surface area contributed by atoms with Crippen LogP contribution in [0, 0.1) is 5.92 Å². The van der Waals surface area contributed by atoms with Gasteiger partial charge in [-0.15, -0.1) is 0 Å². The zero-order chi connectivity index (χ0) is 10.3. The average molecular weight is 219 g/mol. The van der Waals surface area contributed by atoms with E-state index in [1.807, 2.05) is 6.07 Å². The number of benzene rings is 1. The van der Waals surface area contributed by atoms with Gasteiger partial charge in [-0.05, 0) is 30.2 Å². The highest BCUT2D eigenvalue weighted by Gasteiger charge is 2.27. The van der Waals surface area contributed by atoms with Gasteiger partial charge in [0, 0.05) is 24.4 Å². The monoisotopic (exact) mass is 219 g/mol. The van der Waals surface area contributed by atoms with Crippen LogP contribution >= 0.6 is 11.5 Å². The summed E-state index contributed by atoms with van der Waals surface area (Å²) in [6, 6.07) is 8.31. The van der Waals surface area contributed by atoms with Gasteiger partial charge >= 0.3 is 0 Å². The van der Waals surface area contributed by atoms with Crippen LogP contribution in [0.3, 0.4) is 0 Å². The van der Waals surface area contributed by atoms with E-state index >= 15 is 0 Å². The Labute approximate surface area is 92.7 Å². The van der Waals surface area contributed by atoms with Crippen LogP contribution in [-0.2, 0) is 0 Å². The Morgan fingerprint density at radius 1 is 1.40 bits per heavy atom. The number of rotatable bonds is 2. The Kier molecular flexibility index (Phi) is 2.11. The average Bonchev–Trinajstić information content (AvgIpc) is 2.61. The van der Waals surface area contributed by atoms with Crippen LogP contribution in [-0.4, -0.2) is 24.0 Å². The summed E-state index contributed by atoms with van der Waals surface area (Å²) in [7, 11) is 0. The molecule has 1 fully saturated rings. The van der Waals surface area contributed by atoms with E-state index in [0.29, 0.717) is 5.92 Å². The Hall–Kier alpha value is -1.13. The van der Waals surface area contributed by atoms with E-state index in [2.05, 4.69) is 27.5 Å². The van der Waals surface area contributed by atoms with E-state index in [1.165, 1.54) is 10.4 Å². The number of nitrogens with two attached hydrogens (primary N) is 1. The summed E-state index contributed by atoms with van der Waals surface area (Å²) in [6.07, 6.45) is 0. The molecule has 4 heteroatoms. The largest absolute Gasteiger partial charge is 0.361 e. The molecule has 0 radical (unpaired) electrons. The van der Waals surface area contributed by atoms with Crippen molar-refractivity contribution in [1.82, 2.24) is 4.37 Å². The summed E-state index contributed by atoms with van der Waals surface area (Å²) in [5.74, 6) is 0.672. The maximum atomic E-state index is 5.62. The Morgan fingerprint density at radius 3 is 3.00 bits per heavy atom. The molecule has 15 heavy (non-hydrogen) atoms. The van der Waals surface area contributed by atoms with Crippen molar-refractivity contribution in [3.63, 3.8) is 0 Å². The molecule has 1 saturated heterocycles. The normalized spacial score (nSPS) is 17.0. The van der Waals surface area contributed by atoms with Crippen LogP contribution in [0.4, 0.5) is 5.00 Å². The lowest BCUT2D eigenvalue weighted by Crippen LogP contribution is -2.49. The highest BCUT2D eigenvalue weighted by molar-refractivity contribution is 7.11. The lowest BCUT2D eigenvalue weighted by molar-refractivity contribution is 0.423. The summed E-state index contributed by atoms with van der Waals surface area (Å²) in [4.78, 5) is 2.37. The summed E-state index contributed by atoms with van der Waals surface area (Å²) in [6.45, 7) is 2.97. The number of anilines is 1. The smallest absolute Gasteiger partial charge is 0.119 e. The van der Waals surface area contributed by atoms with Gasteiger partial charge < -0.3 is 10.6 Å². The van der Waals surface area contributed by atoms with Gasteiger partial charge in [0.25, 0.3) is 0 Å². The van der Waals surface area contributed by atoms with Gasteiger partial charge in [0.05, 0.1) is 5.52 Å². The van der Waals surface area contributed by atoms with Gasteiger partial charge in [-0.25, -0.2) is 0 Å². The summed E-state index contributed by atoms with van der Waals surface area (Å²) in [5, 5.41) is 2.58. The third kappa shape index (κ3) is 1.41. The van der Waals surface area contributed by atoms with Crippen molar-refractivity contribution in [2.45, 2.75) is 0 Å². The minimum atomic E-state index is 0.672. The van der Waals surface area contributed by atoms with Gasteiger partial charge in [0.15, 0.2) is 0 Å². The Morgan fingerprint density at radius 2 is 2.20 bits per heavy atom. The van der Waals surface area contributed by atoms with Crippen molar-refractivity contribution >= 4 is 27.4 Å². The molecule has 1 aliphatic rings. The second-order valence-corrected chi connectivity index (χ2v) is 4.76. The first-order valence-corrected chi connectivity index (χ1v) is 5.95. The zero-order valence-electron chi connectivity index (χ0n) is 8.39. The van der Waals surface area contributed by atoms with E-state index < -0.39 is 0 Å². The van der Waals surface area contributed by atoms with Crippen LogP contribution < -0.4 is 10.6 Å². The van der Waals surface area contributed by atoms with Crippen molar-refractivity contribution in [2.75, 3.05) is 24.5 Å². The van der Waals surface area contributed by atoms with Crippen molar-refractivity contribution in [3.8, 4) is 0 Å². The van der Waals surface area contributed by atoms with Crippen molar-refractivity contribution < 1.29 is 0 Å². The van der Waals surface area contributed by atoms with Gasteiger partial charge in [-0.2, -0.15) is 4.37 Å². The SMILES string of the molecule is NCC1CN(c2snc3ccccc23)C1. The molecule has 0 unspecified atom stereocenters. The molecule has 2 heterocycles. The fraction of sp³-hybridized carbons (Fsp3) is 0.364. The number of aromatic nitrogens is 1.